The number of nitrogens with two attached hydrogens (primary N) is 1. The van der Waals surface area contributed by atoms with Gasteiger partial charge in [-0.3, -0.25) is 9.59 Å². The molecular weight excluding hydrogens is 230 g/mol. The van der Waals surface area contributed by atoms with Crippen LogP contribution in [0.2, 0.25) is 0 Å². The molecule has 0 aromatic heterocycles. The van der Waals surface area contributed by atoms with Crippen molar-refractivity contribution in [2.24, 2.45) is 5.73 Å². The molecule has 5 nitrogen and oxygen atoms in total. The van der Waals surface area contributed by atoms with E-state index in [0.717, 1.165) is 45.2 Å². The van der Waals surface area contributed by atoms with Crippen LogP contribution in [0.5, 0.6) is 0 Å². The van der Waals surface area contributed by atoms with Crippen LogP contribution in [0.3, 0.4) is 0 Å². The van der Waals surface area contributed by atoms with Crippen molar-refractivity contribution < 1.29 is 9.59 Å². The van der Waals surface area contributed by atoms with E-state index in [1.165, 1.54) is 6.42 Å². The largest absolute Gasteiger partial charge is 0.354 e. The van der Waals surface area contributed by atoms with Crippen LogP contribution in [0.15, 0.2) is 0 Å². The van der Waals surface area contributed by atoms with Crippen LogP contribution in [-0.2, 0) is 9.59 Å². The lowest BCUT2D eigenvalue weighted by molar-refractivity contribution is -0.132. The van der Waals surface area contributed by atoms with Crippen molar-refractivity contribution in [2.45, 2.75) is 50.5 Å². The van der Waals surface area contributed by atoms with E-state index in [0.29, 0.717) is 13.0 Å². The van der Waals surface area contributed by atoms with Crippen molar-refractivity contribution in [2.75, 3.05) is 19.6 Å². The molecule has 18 heavy (non-hydrogen) atoms. The predicted octanol–water partition coefficient (Wildman–Crippen LogP) is 0.387. The molecule has 1 aliphatic heterocycles. The molecule has 0 spiro atoms. The molecule has 1 saturated heterocycles. The van der Waals surface area contributed by atoms with Gasteiger partial charge in [-0.1, -0.05) is 0 Å². The molecule has 0 aromatic rings. The Morgan fingerprint density at radius 2 is 1.78 bits per heavy atom. The van der Waals surface area contributed by atoms with Crippen LogP contribution in [0.25, 0.3) is 0 Å². The zero-order chi connectivity index (χ0) is 13.0. The minimum Gasteiger partial charge on any atom is -0.354 e. The molecule has 0 bridgehead atoms. The molecule has 1 aliphatic carbocycles. The molecule has 0 atom stereocenters. The Labute approximate surface area is 108 Å². The van der Waals surface area contributed by atoms with Gasteiger partial charge < -0.3 is 16.0 Å². The van der Waals surface area contributed by atoms with E-state index in [4.69, 9.17) is 5.73 Å². The normalized spacial score (nSPS) is 22.2. The molecule has 3 N–H and O–H groups in total. The first kappa shape index (κ1) is 13.3. The highest BCUT2D eigenvalue weighted by atomic mass is 16.2. The highest BCUT2D eigenvalue weighted by Gasteiger charge is 2.39. The molecular formula is C13H23N3O2. The number of rotatable bonds is 4. The second-order valence-corrected chi connectivity index (χ2v) is 5.46. The summed E-state index contributed by atoms with van der Waals surface area (Å²) in [5.41, 5.74) is 5.24. The Morgan fingerprint density at radius 3 is 2.33 bits per heavy atom. The summed E-state index contributed by atoms with van der Waals surface area (Å²) in [5, 5.41) is 2.78. The topological polar surface area (TPSA) is 75.4 Å². The highest BCUT2D eigenvalue weighted by molar-refractivity contribution is 5.87. The number of amides is 2. The lowest BCUT2D eigenvalue weighted by atomic mass is 9.77. The van der Waals surface area contributed by atoms with Crippen molar-refractivity contribution >= 4 is 11.8 Å². The van der Waals surface area contributed by atoms with Crippen molar-refractivity contribution in [1.82, 2.24) is 10.2 Å². The molecule has 2 fully saturated rings. The summed E-state index contributed by atoms with van der Waals surface area (Å²) in [6, 6.07) is 0. The fourth-order valence-corrected chi connectivity index (χ4v) is 2.55. The molecule has 1 heterocycles. The van der Waals surface area contributed by atoms with Gasteiger partial charge in [0.05, 0.1) is 5.54 Å². The first-order valence-electron chi connectivity index (χ1n) is 6.97. The lowest BCUT2D eigenvalue weighted by Crippen LogP contribution is -2.58. The number of piperidine rings is 1. The number of carbonyl (C=O) groups is 2. The third-order valence-corrected chi connectivity index (χ3v) is 4.03. The number of nitrogens with zero attached hydrogens (tertiary/aromatic N) is 1. The predicted molar refractivity (Wildman–Crippen MR) is 68.8 cm³/mol. The van der Waals surface area contributed by atoms with Gasteiger partial charge in [-0.25, -0.2) is 0 Å². The Balaban J connectivity index is 1.65. The highest BCUT2D eigenvalue weighted by Crippen LogP contribution is 2.28. The summed E-state index contributed by atoms with van der Waals surface area (Å²) in [6.45, 7) is 2.15. The monoisotopic (exact) mass is 253 g/mol. The summed E-state index contributed by atoms with van der Waals surface area (Å²) in [5.74, 6) is 0.0508. The first-order chi connectivity index (χ1) is 8.62. The minimum atomic E-state index is -0.659. The van der Waals surface area contributed by atoms with Crippen LogP contribution in [-0.4, -0.2) is 41.9 Å². The number of nitrogens with one attached hydrogen (secondary N) is 1. The van der Waals surface area contributed by atoms with Gasteiger partial charge >= 0.3 is 0 Å². The van der Waals surface area contributed by atoms with Crippen LogP contribution < -0.4 is 11.1 Å². The maximum atomic E-state index is 11.9. The Kier molecular flexibility index (Phi) is 4.22. The summed E-state index contributed by atoms with van der Waals surface area (Å²) < 4.78 is 0. The van der Waals surface area contributed by atoms with E-state index < -0.39 is 5.54 Å². The van der Waals surface area contributed by atoms with Crippen molar-refractivity contribution in [1.29, 1.82) is 0 Å². The van der Waals surface area contributed by atoms with E-state index in [1.807, 2.05) is 4.90 Å². The van der Waals surface area contributed by atoms with Gasteiger partial charge in [-0.2, -0.15) is 0 Å². The number of likely N-dealkylation sites (tertiary alicyclic amines) is 1. The molecule has 2 amide bonds. The third-order valence-electron chi connectivity index (χ3n) is 4.03. The SMILES string of the molecule is NC1(C(=O)NCCC(=O)N2CCCCC2)CCC1. The first-order valence-corrected chi connectivity index (χ1v) is 6.97. The van der Waals surface area contributed by atoms with Crippen LogP contribution in [0, 0.1) is 0 Å². The zero-order valence-corrected chi connectivity index (χ0v) is 10.9. The fraction of sp³-hybridized carbons (Fsp3) is 0.846. The summed E-state index contributed by atoms with van der Waals surface area (Å²) in [7, 11) is 0. The van der Waals surface area contributed by atoms with Gasteiger partial charge in [0.2, 0.25) is 11.8 Å². The average molecular weight is 253 g/mol. The average Bonchev–Trinajstić information content (AvgIpc) is 2.36. The minimum absolute atomic E-state index is 0.0970. The Morgan fingerprint density at radius 1 is 1.11 bits per heavy atom. The second kappa shape index (κ2) is 5.69. The summed E-state index contributed by atoms with van der Waals surface area (Å²) in [4.78, 5) is 25.5. The standard InChI is InChI=1S/C13H23N3O2/c14-13(6-4-7-13)12(18)15-8-5-11(17)16-9-2-1-3-10-16/h1-10,14H2,(H,15,18). The van der Waals surface area contributed by atoms with Crippen molar-refractivity contribution in [3.63, 3.8) is 0 Å². The van der Waals surface area contributed by atoms with Gasteiger partial charge in [-0.15, -0.1) is 0 Å². The molecule has 5 heteroatoms. The van der Waals surface area contributed by atoms with Crippen LogP contribution in [0.1, 0.15) is 44.9 Å². The van der Waals surface area contributed by atoms with Gasteiger partial charge in [0.1, 0.15) is 0 Å². The molecule has 2 rings (SSSR count). The van der Waals surface area contributed by atoms with E-state index in [1.54, 1.807) is 0 Å². The van der Waals surface area contributed by atoms with Gasteiger partial charge in [0.15, 0.2) is 0 Å². The summed E-state index contributed by atoms with van der Waals surface area (Å²) in [6.07, 6.45) is 6.36. The van der Waals surface area contributed by atoms with Crippen molar-refractivity contribution in [3.05, 3.63) is 0 Å². The van der Waals surface area contributed by atoms with E-state index >= 15 is 0 Å². The van der Waals surface area contributed by atoms with E-state index in [2.05, 4.69) is 5.32 Å². The Hall–Kier alpha value is -1.10. The van der Waals surface area contributed by atoms with E-state index in [-0.39, 0.29) is 11.8 Å². The summed E-state index contributed by atoms with van der Waals surface area (Å²) >= 11 is 0. The maximum absolute atomic E-state index is 11.9. The maximum Gasteiger partial charge on any atom is 0.240 e. The second-order valence-electron chi connectivity index (χ2n) is 5.46. The quantitative estimate of drug-likeness (QED) is 0.761. The molecule has 0 unspecified atom stereocenters. The zero-order valence-electron chi connectivity index (χ0n) is 10.9. The van der Waals surface area contributed by atoms with Gasteiger partial charge in [-0.05, 0) is 38.5 Å². The number of hydrogen-bond donors (Lipinski definition) is 2. The van der Waals surface area contributed by atoms with Crippen LogP contribution in [0.4, 0.5) is 0 Å². The lowest BCUT2D eigenvalue weighted by Gasteiger charge is -2.36. The van der Waals surface area contributed by atoms with E-state index in [9.17, 15) is 9.59 Å². The third kappa shape index (κ3) is 3.02. The fourth-order valence-electron chi connectivity index (χ4n) is 2.55. The van der Waals surface area contributed by atoms with Gasteiger partial charge in [0.25, 0.3) is 0 Å². The number of hydrogen-bond acceptors (Lipinski definition) is 3. The number of carbonyl (C=O) groups excluding carboxylic acids is 2. The Bertz CT molecular complexity index is 320. The molecule has 102 valence electrons. The van der Waals surface area contributed by atoms with Gasteiger partial charge in [0, 0.05) is 26.1 Å². The van der Waals surface area contributed by atoms with Crippen LogP contribution >= 0.6 is 0 Å². The molecule has 2 aliphatic rings. The molecule has 0 aromatic carbocycles. The molecule has 1 saturated carbocycles. The smallest absolute Gasteiger partial charge is 0.240 e. The van der Waals surface area contributed by atoms with Crippen molar-refractivity contribution in [3.8, 4) is 0 Å². The molecule has 0 radical (unpaired) electrons.